The van der Waals surface area contributed by atoms with Crippen LogP contribution in [-0.4, -0.2) is 49.2 Å². The average Bonchev–Trinajstić information content (AvgIpc) is 2.50. The van der Waals surface area contributed by atoms with Gasteiger partial charge in [0.2, 0.25) is 0 Å². The summed E-state index contributed by atoms with van der Waals surface area (Å²) in [5.41, 5.74) is -0.496. The number of amides is 1. The van der Waals surface area contributed by atoms with Crippen molar-refractivity contribution in [2.45, 2.75) is 18.3 Å². The van der Waals surface area contributed by atoms with Gasteiger partial charge in [0.05, 0.1) is 16.9 Å². The molecule has 0 spiro atoms. The largest absolute Gasteiger partial charge is 0.480 e. The Morgan fingerprint density at radius 2 is 2.00 bits per heavy atom. The van der Waals surface area contributed by atoms with Crippen molar-refractivity contribution in [1.29, 1.82) is 0 Å². The number of alkyl halides is 3. The van der Waals surface area contributed by atoms with Gasteiger partial charge in [-0.1, -0.05) is 0 Å². The number of carboxylic acids is 1. The van der Waals surface area contributed by atoms with Crippen LogP contribution in [0.1, 0.15) is 5.56 Å². The number of likely N-dealkylation sites (N-methyl/N-ethyl adjacent to an activating group) is 1. The summed E-state index contributed by atoms with van der Waals surface area (Å²) < 4.78 is 38.7. The fourth-order valence-corrected chi connectivity index (χ4v) is 3.05. The molecule has 3 rings (SSSR count). The minimum atomic E-state index is -4.54. The second kappa shape index (κ2) is 5.12. The Labute approximate surface area is 129 Å². The number of hydrogen-bond acceptors (Lipinski definition) is 4. The van der Waals surface area contributed by atoms with Gasteiger partial charge in [0, 0.05) is 20.1 Å². The van der Waals surface area contributed by atoms with Crippen molar-refractivity contribution in [3.8, 4) is 0 Å². The maximum Gasteiger partial charge on any atom is 0.416 e. The molecular weight excluding hydrogens is 315 g/mol. The molecule has 6 nitrogen and oxygen atoms in total. The molecule has 2 heterocycles. The Kier molecular flexibility index (Phi) is 3.47. The molecule has 9 heteroatoms. The van der Waals surface area contributed by atoms with E-state index in [1.54, 1.807) is 0 Å². The van der Waals surface area contributed by atoms with Crippen LogP contribution in [0.5, 0.6) is 0 Å². The fourth-order valence-electron chi connectivity index (χ4n) is 3.05. The number of rotatable bonds is 1. The molecule has 2 N–H and O–H groups in total. The zero-order valence-electron chi connectivity index (χ0n) is 12.1. The Morgan fingerprint density at radius 1 is 1.30 bits per heavy atom. The number of fused-ring (bicyclic) bond motifs is 3. The summed E-state index contributed by atoms with van der Waals surface area (Å²) in [4.78, 5) is 26.4. The van der Waals surface area contributed by atoms with Crippen molar-refractivity contribution in [3.05, 3.63) is 23.8 Å². The Bertz CT molecular complexity index is 677. The third-order valence-corrected chi connectivity index (χ3v) is 4.19. The van der Waals surface area contributed by atoms with E-state index in [-0.39, 0.29) is 18.8 Å². The van der Waals surface area contributed by atoms with Gasteiger partial charge in [-0.05, 0) is 18.2 Å². The molecule has 1 aromatic carbocycles. The molecule has 1 fully saturated rings. The van der Waals surface area contributed by atoms with Crippen LogP contribution in [-0.2, 0) is 15.8 Å². The van der Waals surface area contributed by atoms with E-state index in [0.29, 0.717) is 5.69 Å². The number of benzene rings is 1. The van der Waals surface area contributed by atoms with Crippen molar-refractivity contribution in [2.24, 2.45) is 0 Å². The lowest BCUT2D eigenvalue weighted by Gasteiger charge is -2.47. The first-order valence-electron chi connectivity index (χ1n) is 6.92. The zero-order valence-corrected chi connectivity index (χ0v) is 12.1. The molecular formula is C14H14F3N3O3. The van der Waals surface area contributed by atoms with Gasteiger partial charge in [0.25, 0.3) is 5.91 Å². The molecule has 23 heavy (non-hydrogen) atoms. The van der Waals surface area contributed by atoms with E-state index in [0.717, 1.165) is 17.0 Å². The highest BCUT2D eigenvalue weighted by atomic mass is 19.4. The number of halogens is 3. The maximum atomic E-state index is 12.9. The van der Waals surface area contributed by atoms with Crippen molar-refractivity contribution in [3.63, 3.8) is 0 Å². The predicted molar refractivity (Wildman–Crippen MR) is 75.4 cm³/mol. The molecule has 2 aliphatic heterocycles. The molecule has 1 unspecified atom stereocenters. The molecule has 0 bridgehead atoms. The van der Waals surface area contributed by atoms with Crippen LogP contribution in [0, 0.1) is 0 Å². The van der Waals surface area contributed by atoms with Crippen LogP contribution in [0.2, 0.25) is 0 Å². The summed E-state index contributed by atoms with van der Waals surface area (Å²) in [6, 6.07) is 1.25. The summed E-state index contributed by atoms with van der Waals surface area (Å²) >= 11 is 0. The lowest BCUT2D eigenvalue weighted by molar-refractivity contribution is -0.139. The first-order valence-corrected chi connectivity index (χ1v) is 6.92. The van der Waals surface area contributed by atoms with E-state index in [1.165, 1.54) is 18.0 Å². The van der Waals surface area contributed by atoms with E-state index >= 15 is 0 Å². The zero-order chi connectivity index (χ0) is 16.9. The van der Waals surface area contributed by atoms with Crippen LogP contribution in [0.3, 0.4) is 0 Å². The second-order valence-corrected chi connectivity index (χ2v) is 5.53. The predicted octanol–water partition coefficient (Wildman–Crippen LogP) is 0.913. The first kappa shape index (κ1) is 15.6. The standard InChI is InChI=1S/C14H14F3N3O3/c1-19-9-4-7(14(15,16)17)2-3-8(9)20-10(12(19)21)5-18-6-11(20)13(22)23/h2-4,10-11,18H,5-6H2,1H3,(H,22,23)/t10?,11-/m0/s1. The van der Waals surface area contributed by atoms with Gasteiger partial charge in [0.15, 0.2) is 0 Å². The molecule has 2 atom stereocenters. The van der Waals surface area contributed by atoms with E-state index in [4.69, 9.17) is 0 Å². The second-order valence-electron chi connectivity index (χ2n) is 5.53. The summed E-state index contributed by atoms with van der Waals surface area (Å²) in [5.74, 6) is -1.57. The molecule has 0 radical (unpaired) electrons. The van der Waals surface area contributed by atoms with Crippen molar-refractivity contribution >= 4 is 23.3 Å². The minimum Gasteiger partial charge on any atom is -0.480 e. The molecule has 0 aromatic heterocycles. The number of carbonyl (C=O) groups is 2. The summed E-state index contributed by atoms with van der Waals surface area (Å²) in [6.45, 7) is 0.358. The van der Waals surface area contributed by atoms with E-state index < -0.39 is 35.7 Å². The van der Waals surface area contributed by atoms with E-state index in [2.05, 4.69) is 5.32 Å². The quantitative estimate of drug-likeness (QED) is 0.801. The highest BCUT2D eigenvalue weighted by Crippen LogP contribution is 2.41. The average molecular weight is 329 g/mol. The van der Waals surface area contributed by atoms with Crippen LogP contribution in [0.15, 0.2) is 18.2 Å². The number of nitrogens with one attached hydrogen (secondary N) is 1. The van der Waals surface area contributed by atoms with Gasteiger partial charge >= 0.3 is 12.1 Å². The lowest BCUT2D eigenvalue weighted by Crippen LogP contribution is -2.67. The van der Waals surface area contributed by atoms with Crippen molar-refractivity contribution in [2.75, 3.05) is 29.9 Å². The normalized spacial score (nSPS) is 24.3. The van der Waals surface area contributed by atoms with Gasteiger partial charge in [0.1, 0.15) is 12.1 Å². The molecule has 1 amide bonds. The highest BCUT2D eigenvalue weighted by Gasteiger charge is 2.45. The number of carboxylic acid groups (broad SMARTS) is 1. The molecule has 0 saturated carbocycles. The number of nitrogens with zero attached hydrogens (tertiary/aromatic N) is 2. The molecule has 1 saturated heterocycles. The third kappa shape index (κ3) is 2.40. The molecule has 0 aliphatic carbocycles. The van der Waals surface area contributed by atoms with E-state index in [9.17, 15) is 27.9 Å². The first-order chi connectivity index (χ1) is 10.7. The Hall–Kier alpha value is -2.29. The number of carbonyl (C=O) groups excluding carboxylic acids is 1. The van der Waals surface area contributed by atoms with Crippen molar-refractivity contribution < 1.29 is 27.9 Å². The molecule has 1 aromatic rings. The SMILES string of the molecule is CN1C(=O)C2CNC[C@@H](C(=O)O)N2c2ccc(C(F)(F)F)cc21. The smallest absolute Gasteiger partial charge is 0.416 e. The monoisotopic (exact) mass is 329 g/mol. The third-order valence-electron chi connectivity index (χ3n) is 4.19. The van der Waals surface area contributed by atoms with Crippen LogP contribution < -0.4 is 15.1 Å². The number of piperazine rings is 1. The van der Waals surface area contributed by atoms with Crippen LogP contribution in [0.4, 0.5) is 24.5 Å². The van der Waals surface area contributed by atoms with Gasteiger partial charge in [-0.25, -0.2) is 4.79 Å². The molecule has 124 valence electrons. The molecule has 2 aliphatic rings. The minimum absolute atomic E-state index is 0.0641. The van der Waals surface area contributed by atoms with Gasteiger partial charge < -0.3 is 20.2 Å². The van der Waals surface area contributed by atoms with Gasteiger partial charge in [-0.2, -0.15) is 13.2 Å². The fraction of sp³-hybridized carbons (Fsp3) is 0.429. The number of hydrogen-bond donors (Lipinski definition) is 2. The topological polar surface area (TPSA) is 72.9 Å². The maximum absolute atomic E-state index is 12.9. The van der Waals surface area contributed by atoms with Gasteiger partial charge in [-0.3, -0.25) is 4.79 Å². The van der Waals surface area contributed by atoms with Crippen LogP contribution in [0.25, 0.3) is 0 Å². The van der Waals surface area contributed by atoms with E-state index in [1.807, 2.05) is 0 Å². The number of aliphatic carboxylic acids is 1. The van der Waals surface area contributed by atoms with Crippen molar-refractivity contribution in [1.82, 2.24) is 5.32 Å². The Balaban J connectivity index is 2.15. The summed E-state index contributed by atoms with van der Waals surface area (Å²) in [7, 11) is 1.39. The highest BCUT2D eigenvalue weighted by molar-refractivity contribution is 6.07. The summed E-state index contributed by atoms with van der Waals surface area (Å²) in [6.07, 6.45) is -4.54. The Morgan fingerprint density at radius 3 is 2.61 bits per heavy atom. The summed E-state index contributed by atoms with van der Waals surface area (Å²) in [5, 5.41) is 12.2. The van der Waals surface area contributed by atoms with Crippen LogP contribution >= 0.6 is 0 Å². The number of anilines is 2. The van der Waals surface area contributed by atoms with Gasteiger partial charge in [-0.15, -0.1) is 0 Å². The lowest BCUT2D eigenvalue weighted by atomic mass is 9.98.